The molecule has 2 aliphatic heterocycles. The van der Waals surface area contributed by atoms with Crippen molar-refractivity contribution in [3.05, 3.63) is 30.3 Å². The Morgan fingerprint density at radius 3 is 2.69 bits per heavy atom. The van der Waals surface area contributed by atoms with E-state index in [2.05, 4.69) is 32.7 Å². The maximum Gasteiger partial charge on any atom is 0.234 e. The molecule has 1 aromatic heterocycles. The standard InChI is InChI=1S/C22H27N5O4S/c1-2-9-23-22(29)15-7-10-27(11-8-15)19-5-6-21(26-25-19)32-13-20(28)24-16-3-4-17-18(12-16)31-14-30-17/h3-6,12,15H,2,7-11,13-14H2,1H3,(H,23,29)(H,24,28). The van der Waals surface area contributed by atoms with E-state index in [-0.39, 0.29) is 30.3 Å². The van der Waals surface area contributed by atoms with Crippen molar-refractivity contribution in [1.29, 1.82) is 0 Å². The van der Waals surface area contributed by atoms with Crippen LogP contribution in [0, 0.1) is 5.92 Å². The van der Waals surface area contributed by atoms with Crippen LogP contribution in [-0.2, 0) is 9.59 Å². The number of amides is 2. The van der Waals surface area contributed by atoms with Crippen LogP contribution in [0.1, 0.15) is 26.2 Å². The van der Waals surface area contributed by atoms with Gasteiger partial charge in [0.05, 0.1) is 5.75 Å². The minimum Gasteiger partial charge on any atom is -0.454 e. The molecular weight excluding hydrogens is 430 g/mol. The fraction of sp³-hybridized carbons (Fsp3) is 0.455. The number of carbonyl (C=O) groups excluding carboxylic acids is 2. The van der Waals surface area contributed by atoms with E-state index in [1.807, 2.05) is 12.1 Å². The van der Waals surface area contributed by atoms with E-state index in [1.54, 1.807) is 18.2 Å². The van der Waals surface area contributed by atoms with Crippen LogP contribution in [0.4, 0.5) is 11.5 Å². The zero-order valence-electron chi connectivity index (χ0n) is 18.0. The van der Waals surface area contributed by atoms with Crippen LogP contribution in [0.15, 0.2) is 35.4 Å². The molecule has 0 aliphatic carbocycles. The van der Waals surface area contributed by atoms with Crippen LogP contribution >= 0.6 is 11.8 Å². The molecule has 1 aromatic carbocycles. The van der Waals surface area contributed by atoms with Crippen molar-refractivity contribution in [2.75, 3.05) is 42.4 Å². The first-order valence-electron chi connectivity index (χ1n) is 10.8. The number of ether oxygens (including phenoxy) is 2. The molecular formula is C22H27N5O4S. The third-order valence-corrected chi connectivity index (χ3v) is 6.29. The van der Waals surface area contributed by atoms with Crippen molar-refractivity contribution in [2.24, 2.45) is 5.92 Å². The highest BCUT2D eigenvalue weighted by Crippen LogP contribution is 2.34. The number of nitrogens with zero attached hydrogens (tertiary/aromatic N) is 3. The first-order valence-corrected chi connectivity index (χ1v) is 11.8. The predicted octanol–water partition coefficient (Wildman–Crippen LogP) is 2.68. The second kappa shape index (κ2) is 10.5. The molecule has 0 spiro atoms. The van der Waals surface area contributed by atoms with Gasteiger partial charge < -0.3 is 25.0 Å². The quantitative estimate of drug-likeness (QED) is 0.583. The van der Waals surface area contributed by atoms with Crippen molar-refractivity contribution in [2.45, 2.75) is 31.2 Å². The molecule has 0 saturated carbocycles. The zero-order chi connectivity index (χ0) is 22.3. The second-order valence-electron chi connectivity index (χ2n) is 7.69. The largest absolute Gasteiger partial charge is 0.454 e. The second-order valence-corrected chi connectivity index (χ2v) is 8.68. The highest BCUT2D eigenvalue weighted by Gasteiger charge is 2.25. The van der Waals surface area contributed by atoms with Gasteiger partial charge in [-0.25, -0.2) is 0 Å². The number of anilines is 2. The van der Waals surface area contributed by atoms with Crippen molar-refractivity contribution in [3.63, 3.8) is 0 Å². The van der Waals surface area contributed by atoms with Gasteiger partial charge in [-0.2, -0.15) is 0 Å². The normalized spacial score (nSPS) is 15.5. The number of hydrogen-bond donors (Lipinski definition) is 2. The van der Waals surface area contributed by atoms with E-state index < -0.39 is 0 Å². The van der Waals surface area contributed by atoms with E-state index in [1.165, 1.54) is 11.8 Å². The van der Waals surface area contributed by atoms with Crippen LogP contribution in [0.3, 0.4) is 0 Å². The van der Waals surface area contributed by atoms with Gasteiger partial charge in [-0.05, 0) is 43.5 Å². The van der Waals surface area contributed by atoms with Gasteiger partial charge in [0.1, 0.15) is 5.03 Å². The maximum absolute atomic E-state index is 12.3. The molecule has 1 fully saturated rings. The monoisotopic (exact) mass is 457 g/mol. The number of fused-ring (bicyclic) bond motifs is 1. The number of carbonyl (C=O) groups is 2. The van der Waals surface area contributed by atoms with Crippen LogP contribution < -0.4 is 25.0 Å². The van der Waals surface area contributed by atoms with Crippen LogP contribution in [0.5, 0.6) is 11.5 Å². The summed E-state index contributed by atoms with van der Waals surface area (Å²) in [4.78, 5) is 26.5. The highest BCUT2D eigenvalue weighted by molar-refractivity contribution is 7.99. The summed E-state index contributed by atoms with van der Waals surface area (Å²) in [6.45, 7) is 4.55. The summed E-state index contributed by atoms with van der Waals surface area (Å²) in [6, 6.07) is 9.09. The Hall–Kier alpha value is -3.01. The molecule has 2 N–H and O–H groups in total. The third kappa shape index (κ3) is 5.61. The number of aromatic nitrogens is 2. The van der Waals surface area contributed by atoms with Crippen molar-refractivity contribution >= 4 is 35.1 Å². The molecule has 9 nitrogen and oxygen atoms in total. The fourth-order valence-corrected chi connectivity index (χ4v) is 4.25. The van der Waals surface area contributed by atoms with Gasteiger partial charge in [-0.1, -0.05) is 18.7 Å². The molecule has 0 atom stereocenters. The number of rotatable bonds is 8. The molecule has 0 bridgehead atoms. The first-order chi connectivity index (χ1) is 15.6. The van der Waals surface area contributed by atoms with E-state index in [0.29, 0.717) is 22.2 Å². The van der Waals surface area contributed by atoms with Crippen molar-refractivity contribution < 1.29 is 19.1 Å². The smallest absolute Gasteiger partial charge is 0.234 e. The summed E-state index contributed by atoms with van der Waals surface area (Å²) in [5.74, 6) is 2.42. The fourth-order valence-electron chi connectivity index (χ4n) is 3.63. The number of hydrogen-bond acceptors (Lipinski definition) is 8. The molecule has 170 valence electrons. The molecule has 2 aromatic rings. The molecule has 4 rings (SSSR count). The Bertz CT molecular complexity index is 948. The topological polar surface area (TPSA) is 106 Å². The molecule has 0 radical (unpaired) electrons. The molecule has 0 unspecified atom stereocenters. The van der Waals surface area contributed by atoms with Gasteiger partial charge in [0, 0.05) is 37.3 Å². The molecule has 2 amide bonds. The lowest BCUT2D eigenvalue weighted by atomic mass is 9.96. The Balaban J connectivity index is 1.22. The predicted molar refractivity (Wildman–Crippen MR) is 122 cm³/mol. The lowest BCUT2D eigenvalue weighted by molar-refractivity contribution is -0.125. The van der Waals surface area contributed by atoms with Crippen molar-refractivity contribution in [1.82, 2.24) is 15.5 Å². The molecule has 1 saturated heterocycles. The Morgan fingerprint density at radius 1 is 1.12 bits per heavy atom. The Labute approximate surface area is 191 Å². The maximum atomic E-state index is 12.3. The number of nitrogens with one attached hydrogen (secondary N) is 2. The van der Waals surface area contributed by atoms with Gasteiger partial charge in [0.2, 0.25) is 18.6 Å². The van der Waals surface area contributed by atoms with E-state index in [4.69, 9.17) is 9.47 Å². The number of piperidine rings is 1. The van der Waals surface area contributed by atoms with E-state index in [9.17, 15) is 9.59 Å². The van der Waals surface area contributed by atoms with Crippen LogP contribution in [0.25, 0.3) is 0 Å². The lowest BCUT2D eigenvalue weighted by Crippen LogP contribution is -2.41. The minimum atomic E-state index is -0.136. The van der Waals surface area contributed by atoms with Gasteiger partial charge in [-0.3, -0.25) is 9.59 Å². The van der Waals surface area contributed by atoms with Gasteiger partial charge in [-0.15, -0.1) is 10.2 Å². The summed E-state index contributed by atoms with van der Waals surface area (Å²) < 4.78 is 10.6. The average Bonchev–Trinajstić information content (AvgIpc) is 3.29. The third-order valence-electron chi connectivity index (χ3n) is 5.37. The van der Waals surface area contributed by atoms with E-state index >= 15 is 0 Å². The zero-order valence-corrected chi connectivity index (χ0v) is 18.8. The minimum absolute atomic E-state index is 0.0730. The Kier molecular flexibility index (Phi) is 7.31. The average molecular weight is 458 g/mol. The summed E-state index contributed by atoms with van der Waals surface area (Å²) in [5, 5.41) is 15.1. The summed E-state index contributed by atoms with van der Waals surface area (Å²) in [6.07, 6.45) is 2.58. The van der Waals surface area contributed by atoms with Gasteiger partial charge in [0.25, 0.3) is 0 Å². The Morgan fingerprint density at radius 2 is 1.94 bits per heavy atom. The summed E-state index contributed by atoms with van der Waals surface area (Å²) >= 11 is 1.33. The highest BCUT2D eigenvalue weighted by atomic mass is 32.2. The summed E-state index contributed by atoms with van der Waals surface area (Å²) in [7, 11) is 0. The first kappa shape index (κ1) is 22.2. The van der Waals surface area contributed by atoms with Gasteiger partial charge >= 0.3 is 0 Å². The molecule has 3 heterocycles. The number of thioether (sulfide) groups is 1. The van der Waals surface area contributed by atoms with Crippen molar-refractivity contribution in [3.8, 4) is 11.5 Å². The molecule has 32 heavy (non-hydrogen) atoms. The number of benzene rings is 1. The lowest BCUT2D eigenvalue weighted by Gasteiger charge is -2.31. The van der Waals surface area contributed by atoms with Crippen LogP contribution in [0.2, 0.25) is 0 Å². The van der Waals surface area contributed by atoms with E-state index in [0.717, 1.165) is 44.7 Å². The summed E-state index contributed by atoms with van der Waals surface area (Å²) in [5.41, 5.74) is 0.660. The van der Waals surface area contributed by atoms with Crippen LogP contribution in [-0.4, -0.2) is 54.2 Å². The SMILES string of the molecule is CCCNC(=O)C1CCN(c2ccc(SCC(=O)Nc3ccc4c(c3)OCO4)nn2)CC1. The molecule has 10 heteroatoms. The van der Waals surface area contributed by atoms with Gasteiger partial charge in [0.15, 0.2) is 17.3 Å². The molecule has 2 aliphatic rings.